The fraction of sp³-hybridized carbons (Fsp3) is 0.643. The zero-order valence-corrected chi connectivity index (χ0v) is 12.1. The summed E-state index contributed by atoms with van der Waals surface area (Å²) < 4.78 is 0. The number of H-pyrrole nitrogens is 1. The molecule has 0 bridgehead atoms. The van der Waals surface area contributed by atoms with Gasteiger partial charge >= 0.3 is 0 Å². The summed E-state index contributed by atoms with van der Waals surface area (Å²) in [6, 6.07) is 1.67. The van der Waals surface area contributed by atoms with Gasteiger partial charge in [-0.3, -0.25) is 19.8 Å². The predicted octanol–water partition coefficient (Wildman–Crippen LogP) is 2.47. The molecule has 0 spiro atoms. The van der Waals surface area contributed by atoms with E-state index in [2.05, 4.69) is 30.7 Å². The molecule has 1 aromatic heterocycles. The van der Waals surface area contributed by atoms with E-state index in [1.807, 2.05) is 0 Å². The number of carbonyl (C=O) groups is 1. The van der Waals surface area contributed by atoms with Crippen LogP contribution < -0.4 is 0 Å². The Bertz CT molecular complexity index is 512. The zero-order chi connectivity index (χ0) is 14.9. The Labute approximate surface area is 118 Å². The van der Waals surface area contributed by atoms with E-state index in [9.17, 15) is 14.9 Å². The quantitative estimate of drug-likeness (QED) is 0.521. The SMILES string of the molecule is CC1CC(C)C(C)N(CC(=O)c2cc([N+](=O)[O-])c[nH]2)C1. The molecule has 1 aliphatic rings. The van der Waals surface area contributed by atoms with Crippen molar-refractivity contribution >= 4 is 11.5 Å². The summed E-state index contributed by atoms with van der Waals surface area (Å²) in [5.41, 5.74) is 0.247. The second-order valence-corrected chi connectivity index (χ2v) is 5.94. The van der Waals surface area contributed by atoms with E-state index >= 15 is 0 Å². The minimum atomic E-state index is -0.499. The fourth-order valence-corrected chi connectivity index (χ4v) is 2.96. The lowest BCUT2D eigenvalue weighted by Gasteiger charge is -2.40. The number of rotatable bonds is 4. The first-order valence-electron chi connectivity index (χ1n) is 6.98. The van der Waals surface area contributed by atoms with Crippen LogP contribution in [0, 0.1) is 22.0 Å². The van der Waals surface area contributed by atoms with Gasteiger partial charge < -0.3 is 4.98 Å². The molecule has 1 fully saturated rings. The second-order valence-electron chi connectivity index (χ2n) is 5.94. The van der Waals surface area contributed by atoms with Crippen LogP contribution in [0.3, 0.4) is 0 Å². The van der Waals surface area contributed by atoms with Gasteiger partial charge in [0.25, 0.3) is 5.69 Å². The minimum Gasteiger partial charge on any atom is -0.353 e. The maximum absolute atomic E-state index is 12.2. The van der Waals surface area contributed by atoms with Gasteiger partial charge in [0.05, 0.1) is 23.4 Å². The molecule has 1 saturated heterocycles. The molecule has 0 saturated carbocycles. The second kappa shape index (κ2) is 5.75. The third-order valence-corrected chi connectivity index (χ3v) is 4.25. The van der Waals surface area contributed by atoms with Crippen molar-refractivity contribution < 1.29 is 9.72 Å². The van der Waals surface area contributed by atoms with E-state index in [0.29, 0.717) is 30.1 Å². The number of piperidine rings is 1. The van der Waals surface area contributed by atoms with Crippen LogP contribution in [0.2, 0.25) is 0 Å². The number of carbonyl (C=O) groups excluding carboxylic acids is 1. The molecule has 1 aromatic rings. The number of nitro groups is 1. The van der Waals surface area contributed by atoms with Crippen LogP contribution in [0.5, 0.6) is 0 Å². The average Bonchev–Trinajstić information content (AvgIpc) is 2.85. The van der Waals surface area contributed by atoms with Gasteiger partial charge in [-0.15, -0.1) is 0 Å². The summed E-state index contributed by atoms with van der Waals surface area (Å²) in [6.07, 6.45) is 2.44. The van der Waals surface area contributed by atoms with Crippen molar-refractivity contribution in [3.8, 4) is 0 Å². The van der Waals surface area contributed by atoms with Crippen molar-refractivity contribution in [3.05, 3.63) is 28.1 Å². The highest BCUT2D eigenvalue weighted by atomic mass is 16.6. The van der Waals surface area contributed by atoms with Crippen molar-refractivity contribution in [2.75, 3.05) is 13.1 Å². The molecule has 0 radical (unpaired) electrons. The molecule has 3 atom stereocenters. The number of ketones is 1. The van der Waals surface area contributed by atoms with Gasteiger partial charge in [0.1, 0.15) is 0 Å². The van der Waals surface area contributed by atoms with Crippen LogP contribution in [-0.4, -0.2) is 39.7 Å². The van der Waals surface area contributed by atoms with Crippen LogP contribution in [0.1, 0.15) is 37.7 Å². The topological polar surface area (TPSA) is 79.2 Å². The van der Waals surface area contributed by atoms with Crippen molar-refractivity contribution in [1.29, 1.82) is 0 Å². The number of Topliss-reactive ketones (excluding diaryl/α,β-unsaturated/α-hetero) is 1. The normalized spacial score (nSPS) is 27.4. The van der Waals surface area contributed by atoms with Crippen molar-refractivity contribution in [1.82, 2.24) is 9.88 Å². The maximum Gasteiger partial charge on any atom is 0.287 e. The molecule has 6 heteroatoms. The third-order valence-electron chi connectivity index (χ3n) is 4.25. The lowest BCUT2D eigenvalue weighted by atomic mass is 9.86. The van der Waals surface area contributed by atoms with Crippen LogP contribution in [0.25, 0.3) is 0 Å². The van der Waals surface area contributed by atoms with Crippen molar-refractivity contribution in [3.63, 3.8) is 0 Å². The first kappa shape index (κ1) is 14.7. The number of nitrogens with one attached hydrogen (secondary N) is 1. The average molecular weight is 279 g/mol. The number of aromatic amines is 1. The van der Waals surface area contributed by atoms with Gasteiger partial charge in [0.15, 0.2) is 5.78 Å². The highest BCUT2D eigenvalue weighted by molar-refractivity contribution is 5.96. The molecule has 110 valence electrons. The van der Waals surface area contributed by atoms with Crippen LogP contribution in [-0.2, 0) is 0 Å². The van der Waals surface area contributed by atoms with Crippen LogP contribution >= 0.6 is 0 Å². The first-order chi connectivity index (χ1) is 9.38. The van der Waals surface area contributed by atoms with Crippen molar-refractivity contribution in [2.45, 2.75) is 33.2 Å². The summed E-state index contributed by atoms with van der Waals surface area (Å²) in [5, 5.41) is 10.6. The summed E-state index contributed by atoms with van der Waals surface area (Å²) in [4.78, 5) is 27.2. The number of nitrogens with zero attached hydrogens (tertiary/aromatic N) is 2. The minimum absolute atomic E-state index is 0.0678. The molecule has 2 heterocycles. The van der Waals surface area contributed by atoms with Gasteiger partial charge in [-0.25, -0.2) is 0 Å². The molecule has 0 amide bonds. The Morgan fingerprint density at radius 1 is 1.50 bits per heavy atom. The van der Waals surface area contributed by atoms with E-state index in [4.69, 9.17) is 0 Å². The van der Waals surface area contributed by atoms with Gasteiger partial charge in [-0.2, -0.15) is 0 Å². The number of hydrogen-bond donors (Lipinski definition) is 1. The lowest BCUT2D eigenvalue weighted by Crippen LogP contribution is -2.47. The molecular weight excluding hydrogens is 258 g/mol. The Morgan fingerprint density at radius 2 is 2.20 bits per heavy atom. The monoisotopic (exact) mass is 279 g/mol. The summed E-state index contributed by atoms with van der Waals surface area (Å²) in [7, 11) is 0. The predicted molar refractivity (Wildman–Crippen MR) is 75.8 cm³/mol. The Morgan fingerprint density at radius 3 is 2.80 bits per heavy atom. The van der Waals surface area contributed by atoms with E-state index in [1.165, 1.54) is 18.7 Å². The highest BCUT2D eigenvalue weighted by Gasteiger charge is 2.30. The number of likely N-dealkylation sites (tertiary alicyclic amines) is 1. The first-order valence-corrected chi connectivity index (χ1v) is 6.98. The van der Waals surface area contributed by atoms with E-state index in [-0.39, 0.29) is 11.5 Å². The number of aromatic nitrogens is 1. The lowest BCUT2D eigenvalue weighted by molar-refractivity contribution is -0.384. The van der Waals surface area contributed by atoms with Gasteiger partial charge in [-0.05, 0) is 25.2 Å². The third kappa shape index (κ3) is 3.07. The molecule has 0 aromatic carbocycles. The fourth-order valence-electron chi connectivity index (χ4n) is 2.96. The van der Waals surface area contributed by atoms with E-state index < -0.39 is 4.92 Å². The van der Waals surface area contributed by atoms with Gasteiger partial charge in [0.2, 0.25) is 0 Å². The molecule has 6 nitrogen and oxygen atoms in total. The van der Waals surface area contributed by atoms with Crippen molar-refractivity contribution in [2.24, 2.45) is 11.8 Å². The van der Waals surface area contributed by atoms with E-state index in [1.54, 1.807) is 0 Å². The van der Waals surface area contributed by atoms with Crippen LogP contribution in [0.4, 0.5) is 5.69 Å². The molecule has 1 N–H and O–H groups in total. The summed E-state index contributed by atoms with van der Waals surface area (Å²) in [5.74, 6) is 1.04. The Balaban J connectivity index is 2.04. The zero-order valence-electron chi connectivity index (χ0n) is 12.1. The number of hydrogen-bond acceptors (Lipinski definition) is 4. The Kier molecular flexibility index (Phi) is 4.23. The Hall–Kier alpha value is -1.69. The molecule has 20 heavy (non-hydrogen) atoms. The van der Waals surface area contributed by atoms with Gasteiger partial charge in [0, 0.05) is 18.7 Å². The molecule has 1 aliphatic heterocycles. The summed E-state index contributed by atoms with van der Waals surface area (Å²) >= 11 is 0. The maximum atomic E-state index is 12.2. The van der Waals surface area contributed by atoms with E-state index in [0.717, 1.165) is 6.54 Å². The standard InChI is InChI=1S/C14H21N3O3/c1-9-4-10(2)11(3)16(7-9)8-14(18)13-5-12(6-15-13)17(19)20/h5-6,9-11,15H,4,7-8H2,1-3H3. The van der Waals surface area contributed by atoms with Crippen LogP contribution in [0.15, 0.2) is 12.3 Å². The smallest absolute Gasteiger partial charge is 0.287 e. The molecular formula is C14H21N3O3. The largest absolute Gasteiger partial charge is 0.353 e. The molecule has 0 aliphatic carbocycles. The molecule has 3 unspecified atom stereocenters. The summed E-state index contributed by atoms with van der Waals surface area (Å²) in [6.45, 7) is 7.76. The van der Waals surface area contributed by atoms with Gasteiger partial charge in [-0.1, -0.05) is 13.8 Å². The molecule has 2 rings (SSSR count). The highest BCUT2D eigenvalue weighted by Crippen LogP contribution is 2.27.